The Balaban J connectivity index is 1.53. The average molecular weight is 527 g/mol. The van der Waals surface area contributed by atoms with E-state index in [2.05, 4.69) is 62.9 Å². The molecule has 1 fully saturated rings. The maximum absolute atomic E-state index is 13.4. The van der Waals surface area contributed by atoms with Gasteiger partial charge in [-0.2, -0.15) is 4.31 Å². The highest BCUT2D eigenvalue weighted by Crippen LogP contribution is 2.34. The van der Waals surface area contributed by atoms with Gasteiger partial charge in [0.2, 0.25) is 15.9 Å². The molecule has 37 heavy (non-hydrogen) atoms. The first-order valence-corrected chi connectivity index (χ1v) is 15.2. The highest BCUT2D eigenvalue weighted by atomic mass is 32.2. The Morgan fingerprint density at radius 2 is 1.76 bits per heavy atom. The van der Waals surface area contributed by atoms with Crippen LogP contribution < -0.4 is 4.90 Å². The number of anilines is 1. The zero-order chi connectivity index (χ0) is 26.8. The van der Waals surface area contributed by atoms with E-state index in [9.17, 15) is 13.2 Å². The number of aromatic nitrogens is 1. The predicted molar refractivity (Wildman–Crippen MR) is 150 cm³/mol. The number of sulfonamides is 1. The highest BCUT2D eigenvalue weighted by Gasteiger charge is 2.32. The first-order valence-electron chi connectivity index (χ1n) is 13.6. The van der Waals surface area contributed by atoms with Gasteiger partial charge in [0.15, 0.2) is 0 Å². The third kappa shape index (κ3) is 6.59. The fourth-order valence-electron chi connectivity index (χ4n) is 5.31. The van der Waals surface area contributed by atoms with Crippen LogP contribution in [-0.2, 0) is 27.8 Å². The van der Waals surface area contributed by atoms with E-state index >= 15 is 0 Å². The molecule has 1 saturated heterocycles. The van der Waals surface area contributed by atoms with E-state index in [0.29, 0.717) is 19.6 Å². The second kappa shape index (κ2) is 11.2. The van der Waals surface area contributed by atoms with Gasteiger partial charge in [0, 0.05) is 50.7 Å². The molecule has 0 N–H and O–H groups in total. The Morgan fingerprint density at radius 1 is 1.03 bits per heavy atom. The van der Waals surface area contributed by atoms with Gasteiger partial charge in [0.25, 0.3) is 0 Å². The zero-order valence-electron chi connectivity index (χ0n) is 23.0. The number of pyridine rings is 1. The molecule has 4 rings (SSSR count). The SMILES string of the molecule is CCC1CCc2nc(-c3cccc(CN4CCN(S(=O)(=O)CC)CC4)c3)ccc2N(CC(C)(C)C)C1=O. The lowest BCUT2D eigenvalue weighted by molar-refractivity contribution is -0.122. The summed E-state index contributed by atoms with van der Waals surface area (Å²) >= 11 is 0. The molecule has 0 radical (unpaired) electrons. The van der Waals surface area contributed by atoms with Crippen molar-refractivity contribution < 1.29 is 13.2 Å². The highest BCUT2D eigenvalue weighted by molar-refractivity contribution is 7.89. The summed E-state index contributed by atoms with van der Waals surface area (Å²) < 4.78 is 25.9. The minimum absolute atomic E-state index is 0.00519. The van der Waals surface area contributed by atoms with Crippen molar-refractivity contribution in [2.75, 3.05) is 43.4 Å². The number of nitrogens with zero attached hydrogens (tertiary/aromatic N) is 4. The summed E-state index contributed by atoms with van der Waals surface area (Å²) in [6, 6.07) is 12.6. The predicted octanol–water partition coefficient (Wildman–Crippen LogP) is 4.57. The summed E-state index contributed by atoms with van der Waals surface area (Å²) in [4.78, 5) is 22.7. The molecule has 2 aliphatic rings. The summed E-state index contributed by atoms with van der Waals surface area (Å²) in [6.07, 6.45) is 2.49. The molecular formula is C29H42N4O3S. The number of hydrogen-bond donors (Lipinski definition) is 0. The van der Waals surface area contributed by atoms with Crippen molar-refractivity contribution in [3.63, 3.8) is 0 Å². The fraction of sp³-hybridized carbons (Fsp3) is 0.586. The van der Waals surface area contributed by atoms with Gasteiger partial charge in [-0.1, -0.05) is 45.9 Å². The maximum Gasteiger partial charge on any atom is 0.230 e. The molecule has 0 saturated carbocycles. The first kappa shape index (κ1) is 27.7. The fourth-order valence-corrected chi connectivity index (χ4v) is 6.39. The van der Waals surface area contributed by atoms with Crippen LogP contribution in [0.4, 0.5) is 5.69 Å². The minimum Gasteiger partial charge on any atom is -0.310 e. The molecule has 1 amide bonds. The largest absolute Gasteiger partial charge is 0.310 e. The summed E-state index contributed by atoms with van der Waals surface area (Å²) in [5.41, 5.74) is 5.14. The van der Waals surface area contributed by atoms with Gasteiger partial charge in [-0.25, -0.2) is 8.42 Å². The number of carbonyl (C=O) groups excluding carboxylic acids is 1. The summed E-state index contributed by atoms with van der Waals surface area (Å²) in [5, 5.41) is 0. The molecule has 202 valence electrons. The normalized spacial score (nSPS) is 20.1. The lowest BCUT2D eigenvalue weighted by Crippen LogP contribution is -2.48. The van der Waals surface area contributed by atoms with Gasteiger partial charge < -0.3 is 4.90 Å². The number of rotatable bonds is 7. The van der Waals surface area contributed by atoms with Gasteiger partial charge in [-0.05, 0) is 55.4 Å². The second-order valence-electron chi connectivity index (χ2n) is 11.6. The van der Waals surface area contributed by atoms with Crippen LogP contribution in [0.2, 0.25) is 0 Å². The van der Waals surface area contributed by atoms with Crippen molar-refractivity contribution in [1.82, 2.24) is 14.2 Å². The molecular weight excluding hydrogens is 484 g/mol. The maximum atomic E-state index is 13.4. The van der Waals surface area contributed by atoms with Crippen molar-refractivity contribution in [3.8, 4) is 11.3 Å². The van der Waals surface area contributed by atoms with E-state index in [1.165, 1.54) is 5.56 Å². The van der Waals surface area contributed by atoms with Crippen molar-refractivity contribution in [2.24, 2.45) is 11.3 Å². The van der Waals surface area contributed by atoms with Crippen molar-refractivity contribution >= 4 is 21.6 Å². The topological polar surface area (TPSA) is 73.8 Å². The van der Waals surface area contributed by atoms with Crippen LogP contribution in [0.15, 0.2) is 36.4 Å². The standard InChI is InChI=1S/C29H42N4O3S/c1-6-23-11-12-26-27(33(28(23)34)21-29(3,4)5)14-13-25(30-26)24-10-8-9-22(19-24)20-31-15-17-32(18-16-31)37(35,36)7-2/h8-10,13-14,19,23H,6-7,11-12,15-18,20-21H2,1-5H3. The van der Waals surface area contributed by atoms with Crippen LogP contribution in [0.25, 0.3) is 11.3 Å². The Kier molecular flexibility index (Phi) is 8.41. The van der Waals surface area contributed by atoms with Crippen molar-refractivity contribution in [2.45, 2.75) is 60.4 Å². The lowest BCUT2D eigenvalue weighted by atomic mass is 9.94. The van der Waals surface area contributed by atoms with Gasteiger partial charge in [-0.3, -0.25) is 14.7 Å². The monoisotopic (exact) mass is 526 g/mol. The molecule has 0 aliphatic carbocycles. The number of fused-ring (bicyclic) bond motifs is 1. The van der Waals surface area contributed by atoms with Gasteiger partial charge >= 0.3 is 0 Å². The Morgan fingerprint density at radius 3 is 2.41 bits per heavy atom. The third-order valence-corrected chi connectivity index (χ3v) is 9.31. The molecule has 0 bridgehead atoms. The van der Waals surface area contributed by atoms with E-state index in [-0.39, 0.29) is 23.0 Å². The van der Waals surface area contributed by atoms with Crippen LogP contribution in [-0.4, -0.2) is 67.0 Å². The molecule has 1 aromatic heterocycles. The molecule has 2 aromatic rings. The summed E-state index contributed by atoms with van der Waals surface area (Å²) in [6.45, 7) is 14.3. The lowest BCUT2D eigenvalue weighted by Gasteiger charge is -2.33. The van der Waals surface area contributed by atoms with Gasteiger partial charge in [0.05, 0.1) is 22.8 Å². The quantitative estimate of drug-likeness (QED) is 0.529. The average Bonchev–Trinajstić information content (AvgIpc) is 2.99. The number of piperazine rings is 1. The van der Waals surface area contributed by atoms with Crippen LogP contribution in [0.5, 0.6) is 0 Å². The zero-order valence-corrected chi connectivity index (χ0v) is 23.9. The first-order chi connectivity index (χ1) is 17.5. The van der Waals surface area contributed by atoms with E-state index < -0.39 is 10.0 Å². The Hall–Kier alpha value is -2.29. The molecule has 0 spiro atoms. The van der Waals surface area contributed by atoms with Crippen LogP contribution in [0, 0.1) is 11.3 Å². The van der Waals surface area contributed by atoms with E-state index in [1.807, 2.05) is 11.0 Å². The van der Waals surface area contributed by atoms with Crippen LogP contribution in [0.3, 0.4) is 0 Å². The number of aryl methyl sites for hydroxylation is 1. The van der Waals surface area contributed by atoms with Crippen LogP contribution >= 0.6 is 0 Å². The summed E-state index contributed by atoms with van der Waals surface area (Å²) in [7, 11) is -3.12. The molecule has 1 aromatic carbocycles. The second-order valence-corrected chi connectivity index (χ2v) is 13.8. The van der Waals surface area contributed by atoms with Gasteiger partial charge in [-0.15, -0.1) is 0 Å². The molecule has 1 unspecified atom stereocenters. The summed E-state index contributed by atoms with van der Waals surface area (Å²) in [5.74, 6) is 0.417. The van der Waals surface area contributed by atoms with Crippen LogP contribution in [0.1, 0.15) is 58.7 Å². The van der Waals surface area contributed by atoms with E-state index in [0.717, 1.165) is 61.5 Å². The molecule has 8 heteroatoms. The molecule has 2 aliphatic heterocycles. The Bertz CT molecular complexity index is 1210. The number of amides is 1. The third-order valence-electron chi connectivity index (χ3n) is 7.43. The smallest absolute Gasteiger partial charge is 0.230 e. The Labute approximate surface area is 222 Å². The minimum atomic E-state index is -3.12. The van der Waals surface area contributed by atoms with Gasteiger partial charge in [0.1, 0.15) is 0 Å². The number of hydrogen-bond acceptors (Lipinski definition) is 5. The van der Waals surface area contributed by atoms with Crippen molar-refractivity contribution in [3.05, 3.63) is 47.7 Å². The molecule has 7 nitrogen and oxygen atoms in total. The number of carbonyl (C=O) groups is 1. The molecule has 3 heterocycles. The van der Waals surface area contributed by atoms with Crippen molar-refractivity contribution in [1.29, 1.82) is 0 Å². The van der Waals surface area contributed by atoms with E-state index in [1.54, 1.807) is 11.2 Å². The molecule has 1 atom stereocenters. The number of benzene rings is 1. The van der Waals surface area contributed by atoms with E-state index in [4.69, 9.17) is 4.98 Å².